The van der Waals surface area contributed by atoms with Crippen molar-refractivity contribution in [2.24, 2.45) is 17.8 Å². The molecule has 4 nitrogen and oxygen atoms in total. The number of hydrogen-bond acceptors (Lipinski definition) is 3. The summed E-state index contributed by atoms with van der Waals surface area (Å²) < 4.78 is 5.80. The van der Waals surface area contributed by atoms with Crippen molar-refractivity contribution in [2.45, 2.75) is 64.0 Å². The maximum atomic E-state index is 12.7. The molecule has 0 spiro atoms. The number of benzene rings is 1. The first-order valence-electron chi connectivity index (χ1n) is 9.52. The molecule has 1 N–H and O–H groups in total. The van der Waals surface area contributed by atoms with E-state index in [2.05, 4.69) is 5.32 Å². The molecule has 4 aliphatic carbocycles. The van der Waals surface area contributed by atoms with Crippen molar-refractivity contribution in [3.05, 3.63) is 29.8 Å². The first-order valence-corrected chi connectivity index (χ1v) is 9.52. The Bertz CT molecular complexity index is 644. The normalized spacial score (nSPS) is 33.8. The van der Waals surface area contributed by atoms with Gasteiger partial charge in [-0.1, -0.05) is 0 Å². The van der Waals surface area contributed by atoms with Gasteiger partial charge in [-0.05, 0) is 94.4 Å². The molecule has 0 aliphatic heterocycles. The number of ketones is 1. The number of carbonyl (C=O) groups is 2. The largest absolute Gasteiger partial charge is 0.481 e. The van der Waals surface area contributed by atoms with Crippen LogP contribution in [-0.2, 0) is 4.79 Å². The Balaban J connectivity index is 1.38. The molecule has 4 aliphatic rings. The zero-order chi connectivity index (χ0) is 17.6. The maximum absolute atomic E-state index is 12.7. The highest BCUT2D eigenvalue weighted by molar-refractivity contribution is 5.94. The second-order valence-electron chi connectivity index (χ2n) is 8.53. The minimum atomic E-state index is -0.531. The van der Waals surface area contributed by atoms with Crippen molar-refractivity contribution in [3.8, 4) is 5.75 Å². The molecule has 25 heavy (non-hydrogen) atoms. The van der Waals surface area contributed by atoms with Crippen molar-refractivity contribution in [1.29, 1.82) is 0 Å². The van der Waals surface area contributed by atoms with Gasteiger partial charge in [0.25, 0.3) is 5.91 Å². The first kappa shape index (κ1) is 16.6. The van der Waals surface area contributed by atoms with E-state index in [-0.39, 0.29) is 17.2 Å². The molecule has 134 valence electrons. The lowest BCUT2D eigenvalue weighted by Gasteiger charge is -2.57. The smallest absolute Gasteiger partial charge is 0.261 e. The molecule has 0 aromatic heterocycles. The van der Waals surface area contributed by atoms with Gasteiger partial charge in [0.1, 0.15) is 5.75 Å². The molecular formula is C21H27NO3. The molecular weight excluding hydrogens is 314 g/mol. The minimum absolute atomic E-state index is 0.0158. The van der Waals surface area contributed by atoms with Crippen LogP contribution in [-0.4, -0.2) is 23.3 Å². The third-order valence-electron chi connectivity index (χ3n) is 6.37. The number of rotatable bonds is 5. The Morgan fingerprint density at radius 3 is 2.04 bits per heavy atom. The molecule has 1 amide bonds. The summed E-state index contributed by atoms with van der Waals surface area (Å²) in [7, 11) is 0. The molecule has 1 aromatic carbocycles. The van der Waals surface area contributed by atoms with Crippen LogP contribution in [0.5, 0.6) is 5.75 Å². The van der Waals surface area contributed by atoms with E-state index in [4.69, 9.17) is 4.74 Å². The monoisotopic (exact) mass is 341 g/mol. The van der Waals surface area contributed by atoms with E-state index in [0.717, 1.165) is 37.0 Å². The van der Waals surface area contributed by atoms with Crippen molar-refractivity contribution in [3.63, 3.8) is 0 Å². The number of hydrogen-bond donors (Lipinski definition) is 1. The third-order valence-corrected chi connectivity index (χ3v) is 6.37. The lowest BCUT2D eigenvalue weighted by atomic mass is 9.53. The van der Waals surface area contributed by atoms with Crippen LogP contribution >= 0.6 is 0 Å². The van der Waals surface area contributed by atoms with Gasteiger partial charge in [0, 0.05) is 11.1 Å². The van der Waals surface area contributed by atoms with Gasteiger partial charge in [-0.15, -0.1) is 0 Å². The molecule has 1 aromatic rings. The number of amides is 1. The van der Waals surface area contributed by atoms with E-state index in [1.54, 1.807) is 31.2 Å². The van der Waals surface area contributed by atoms with Crippen LogP contribution in [0.15, 0.2) is 24.3 Å². The Kier molecular flexibility index (Phi) is 4.09. The van der Waals surface area contributed by atoms with Gasteiger partial charge < -0.3 is 10.1 Å². The molecule has 5 rings (SSSR count). The molecule has 4 fully saturated rings. The van der Waals surface area contributed by atoms with Crippen LogP contribution < -0.4 is 10.1 Å². The topological polar surface area (TPSA) is 55.4 Å². The van der Waals surface area contributed by atoms with Crippen molar-refractivity contribution in [2.75, 3.05) is 0 Å². The Morgan fingerprint density at radius 2 is 1.56 bits per heavy atom. The lowest BCUT2D eigenvalue weighted by Crippen LogP contribution is -2.61. The van der Waals surface area contributed by atoms with Gasteiger partial charge in [0.05, 0.1) is 0 Å². The standard InChI is InChI=1S/C21H27NO3/c1-13(23)18-3-5-19(6-4-18)25-14(2)20(24)22-21-10-15-7-16(11-21)9-17(8-15)12-21/h3-6,14-17H,7-12H2,1-2H3,(H,22,24)/t14-,15?,16?,17?,21?/m1/s1. The quantitative estimate of drug-likeness (QED) is 0.830. The number of carbonyl (C=O) groups excluding carboxylic acids is 2. The van der Waals surface area contributed by atoms with Gasteiger partial charge >= 0.3 is 0 Å². The summed E-state index contributed by atoms with van der Waals surface area (Å²) >= 11 is 0. The number of ether oxygens (including phenoxy) is 1. The highest BCUT2D eigenvalue weighted by Gasteiger charge is 2.51. The molecule has 4 bridgehead atoms. The van der Waals surface area contributed by atoms with Crippen LogP contribution in [0.1, 0.15) is 62.7 Å². The second-order valence-corrected chi connectivity index (χ2v) is 8.53. The predicted octanol–water partition coefficient (Wildman–Crippen LogP) is 3.74. The average Bonchev–Trinajstić information content (AvgIpc) is 2.53. The summed E-state index contributed by atoms with van der Waals surface area (Å²) in [6, 6.07) is 6.99. The SMILES string of the molecule is CC(=O)c1ccc(O[C@H](C)C(=O)NC23CC4CC(CC(C4)C2)C3)cc1. The van der Waals surface area contributed by atoms with Gasteiger partial charge in [0.2, 0.25) is 0 Å². The number of Topliss-reactive ketones (excluding diaryl/α,β-unsaturated/α-hetero) is 1. The average molecular weight is 341 g/mol. The summed E-state index contributed by atoms with van der Waals surface area (Å²) in [6.07, 6.45) is 6.99. The summed E-state index contributed by atoms with van der Waals surface area (Å²) in [5.41, 5.74) is 0.667. The fraction of sp³-hybridized carbons (Fsp3) is 0.619. The summed E-state index contributed by atoms with van der Waals surface area (Å²) in [5, 5.41) is 3.36. The van der Waals surface area contributed by atoms with E-state index >= 15 is 0 Å². The van der Waals surface area contributed by atoms with Gasteiger partial charge in [0.15, 0.2) is 11.9 Å². The Hall–Kier alpha value is -1.84. The van der Waals surface area contributed by atoms with E-state index in [9.17, 15) is 9.59 Å². The Morgan fingerprint density at radius 1 is 1.04 bits per heavy atom. The van der Waals surface area contributed by atoms with Crippen molar-refractivity contribution < 1.29 is 14.3 Å². The molecule has 0 radical (unpaired) electrons. The zero-order valence-electron chi connectivity index (χ0n) is 15.1. The molecule has 4 saturated carbocycles. The van der Waals surface area contributed by atoms with Gasteiger partial charge in [-0.3, -0.25) is 9.59 Å². The van der Waals surface area contributed by atoms with E-state index in [1.165, 1.54) is 26.2 Å². The second kappa shape index (κ2) is 6.15. The Labute approximate surface area is 149 Å². The highest BCUT2D eigenvalue weighted by Crippen LogP contribution is 2.55. The fourth-order valence-electron chi connectivity index (χ4n) is 5.65. The van der Waals surface area contributed by atoms with Crippen molar-refractivity contribution in [1.82, 2.24) is 5.32 Å². The van der Waals surface area contributed by atoms with Crippen molar-refractivity contribution >= 4 is 11.7 Å². The number of nitrogens with one attached hydrogen (secondary N) is 1. The van der Waals surface area contributed by atoms with E-state index in [1.807, 2.05) is 0 Å². The summed E-state index contributed by atoms with van der Waals surface area (Å²) in [4.78, 5) is 24.1. The zero-order valence-corrected chi connectivity index (χ0v) is 15.1. The molecule has 1 atom stereocenters. The molecule has 0 unspecified atom stereocenters. The van der Waals surface area contributed by atoms with E-state index < -0.39 is 6.10 Å². The van der Waals surface area contributed by atoms with E-state index in [0.29, 0.717) is 11.3 Å². The molecule has 0 saturated heterocycles. The maximum Gasteiger partial charge on any atom is 0.261 e. The van der Waals surface area contributed by atoms with Gasteiger partial charge in [-0.25, -0.2) is 0 Å². The van der Waals surface area contributed by atoms with Crippen LogP contribution in [0, 0.1) is 17.8 Å². The molecule has 0 heterocycles. The predicted molar refractivity (Wildman–Crippen MR) is 95.6 cm³/mol. The third kappa shape index (κ3) is 3.31. The van der Waals surface area contributed by atoms with Gasteiger partial charge in [-0.2, -0.15) is 0 Å². The van der Waals surface area contributed by atoms with Crippen LogP contribution in [0.3, 0.4) is 0 Å². The fourth-order valence-corrected chi connectivity index (χ4v) is 5.65. The van der Waals surface area contributed by atoms with Crippen LogP contribution in [0.2, 0.25) is 0 Å². The highest BCUT2D eigenvalue weighted by atomic mass is 16.5. The lowest BCUT2D eigenvalue weighted by molar-refractivity contribution is -0.133. The first-order chi connectivity index (χ1) is 11.9. The molecule has 4 heteroatoms. The summed E-state index contributed by atoms with van der Waals surface area (Å²) in [6.45, 7) is 3.34. The van der Waals surface area contributed by atoms with Crippen LogP contribution in [0.4, 0.5) is 0 Å². The minimum Gasteiger partial charge on any atom is -0.481 e. The summed E-state index contributed by atoms with van der Waals surface area (Å²) in [5.74, 6) is 3.06. The van der Waals surface area contributed by atoms with Crippen LogP contribution in [0.25, 0.3) is 0 Å².